The Morgan fingerprint density at radius 2 is 1.88 bits per heavy atom. The Bertz CT molecular complexity index is 614. The van der Waals surface area contributed by atoms with Gasteiger partial charge in [0, 0.05) is 30.4 Å². The van der Waals surface area contributed by atoms with Crippen LogP contribution in [0.15, 0.2) is 30.3 Å². The van der Waals surface area contributed by atoms with E-state index in [0.717, 1.165) is 12.0 Å². The number of rotatable bonds is 3. The van der Waals surface area contributed by atoms with Crippen LogP contribution in [0.2, 0.25) is 0 Å². The highest BCUT2D eigenvalue weighted by Gasteiger charge is 2.59. The first-order valence-corrected chi connectivity index (χ1v) is 8.79. The van der Waals surface area contributed by atoms with Gasteiger partial charge in [-0.3, -0.25) is 4.79 Å². The first-order valence-electron chi connectivity index (χ1n) is 8.79. The molecule has 2 aliphatic rings. The largest absolute Gasteiger partial charge is 0.459 e. The van der Waals surface area contributed by atoms with Gasteiger partial charge in [0.1, 0.15) is 12.2 Å². The number of carbonyl (C=O) groups excluding carboxylic acids is 1. The average Bonchev–Trinajstić information content (AvgIpc) is 2.55. The summed E-state index contributed by atoms with van der Waals surface area (Å²) in [6.45, 7) is 8.40. The molecule has 5 heteroatoms. The zero-order chi connectivity index (χ0) is 18.2. The number of methoxy groups -OCH3 is 1. The second-order valence-electron chi connectivity index (χ2n) is 8.16. The summed E-state index contributed by atoms with van der Waals surface area (Å²) in [4.78, 5) is 11.6. The molecule has 138 valence electrons. The molecular formula is C20H28O5. The number of carbonyl (C=O) groups is 1. The predicted molar refractivity (Wildman–Crippen MR) is 92.9 cm³/mol. The van der Waals surface area contributed by atoms with Crippen LogP contribution in [0.5, 0.6) is 0 Å². The van der Waals surface area contributed by atoms with Gasteiger partial charge in [-0.05, 0) is 6.42 Å². The van der Waals surface area contributed by atoms with Crippen molar-refractivity contribution < 1.29 is 23.7 Å². The monoisotopic (exact) mass is 348 g/mol. The van der Waals surface area contributed by atoms with Crippen LogP contribution in [-0.2, 0) is 23.7 Å². The summed E-state index contributed by atoms with van der Waals surface area (Å²) in [6.07, 6.45) is -0.524. The van der Waals surface area contributed by atoms with Gasteiger partial charge >= 0.3 is 5.97 Å². The van der Waals surface area contributed by atoms with Crippen molar-refractivity contribution in [1.82, 2.24) is 0 Å². The topological polar surface area (TPSA) is 54.0 Å². The molecule has 5 unspecified atom stereocenters. The summed E-state index contributed by atoms with van der Waals surface area (Å²) < 4.78 is 23.9. The summed E-state index contributed by atoms with van der Waals surface area (Å²) >= 11 is 0. The highest BCUT2D eigenvalue weighted by molar-refractivity contribution is 5.66. The molecular weight excluding hydrogens is 320 g/mol. The van der Waals surface area contributed by atoms with Crippen LogP contribution in [0.1, 0.15) is 46.0 Å². The van der Waals surface area contributed by atoms with Crippen molar-refractivity contribution in [2.45, 2.75) is 58.7 Å². The van der Waals surface area contributed by atoms with Gasteiger partial charge in [-0.1, -0.05) is 51.1 Å². The normalized spacial score (nSPS) is 37.2. The Labute approximate surface area is 149 Å². The van der Waals surface area contributed by atoms with E-state index in [2.05, 4.69) is 20.8 Å². The van der Waals surface area contributed by atoms with Gasteiger partial charge < -0.3 is 18.9 Å². The maximum atomic E-state index is 11.6. The van der Waals surface area contributed by atoms with E-state index in [1.807, 2.05) is 30.3 Å². The number of benzene rings is 1. The molecule has 1 saturated heterocycles. The van der Waals surface area contributed by atoms with Crippen molar-refractivity contribution in [1.29, 1.82) is 0 Å². The molecule has 0 bridgehead atoms. The third-order valence-corrected chi connectivity index (χ3v) is 5.38. The summed E-state index contributed by atoms with van der Waals surface area (Å²) in [6, 6.07) is 9.88. The molecule has 1 heterocycles. The molecule has 1 aromatic rings. The molecule has 1 aromatic carbocycles. The predicted octanol–water partition coefficient (Wildman–Crippen LogP) is 3.48. The van der Waals surface area contributed by atoms with Crippen LogP contribution in [0.25, 0.3) is 0 Å². The van der Waals surface area contributed by atoms with Crippen molar-refractivity contribution >= 4 is 5.97 Å². The number of ether oxygens (including phenoxy) is 4. The number of esters is 1. The van der Waals surface area contributed by atoms with Gasteiger partial charge in [0.2, 0.25) is 0 Å². The summed E-state index contributed by atoms with van der Waals surface area (Å²) in [5.74, 6) is -0.296. The van der Waals surface area contributed by atoms with Crippen molar-refractivity contribution in [3.05, 3.63) is 35.9 Å². The molecule has 1 aliphatic heterocycles. The lowest BCUT2D eigenvalue weighted by atomic mass is 9.60. The Balaban J connectivity index is 1.90. The second-order valence-corrected chi connectivity index (χ2v) is 8.16. The van der Waals surface area contributed by atoms with E-state index in [9.17, 15) is 4.79 Å². The van der Waals surface area contributed by atoms with Crippen LogP contribution < -0.4 is 0 Å². The molecule has 0 N–H and O–H groups in total. The van der Waals surface area contributed by atoms with Gasteiger partial charge in [-0.2, -0.15) is 0 Å². The molecule has 0 radical (unpaired) electrons. The fraction of sp³-hybridized carbons (Fsp3) is 0.650. The van der Waals surface area contributed by atoms with Gasteiger partial charge in [0.25, 0.3) is 0 Å². The number of hydrogen-bond donors (Lipinski definition) is 0. The fourth-order valence-corrected chi connectivity index (χ4v) is 4.49. The second kappa shape index (κ2) is 6.71. The van der Waals surface area contributed by atoms with E-state index >= 15 is 0 Å². The van der Waals surface area contributed by atoms with E-state index in [1.54, 1.807) is 7.11 Å². The Kier molecular flexibility index (Phi) is 4.93. The Morgan fingerprint density at radius 3 is 2.48 bits per heavy atom. The molecule has 1 saturated carbocycles. The van der Waals surface area contributed by atoms with E-state index in [1.165, 1.54) is 6.92 Å². The third kappa shape index (κ3) is 3.46. The Morgan fingerprint density at radius 1 is 1.20 bits per heavy atom. The van der Waals surface area contributed by atoms with E-state index in [0.29, 0.717) is 6.61 Å². The van der Waals surface area contributed by atoms with Crippen molar-refractivity contribution in [2.24, 2.45) is 10.8 Å². The molecule has 5 atom stereocenters. The highest BCUT2D eigenvalue weighted by atomic mass is 16.7. The molecule has 5 nitrogen and oxygen atoms in total. The minimum absolute atomic E-state index is 0.202. The third-order valence-electron chi connectivity index (χ3n) is 5.38. The maximum Gasteiger partial charge on any atom is 0.303 e. The van der Waals surface area contributed by atoms with Crippen LogP contribution in [0, 0.1) is 10.8 Å². The summed E-state index contributed by atoms with van der Waals surface area (Å²) in [7, 11) is 1.65. The SMILES string of the molecule is COC1C(OC(C)=O)C(C)(C)CC2(C)COC(c3ccccc3)OC12. The van der Waals surface area contributed by atoms with Gasteiger partial charge in [0.15, 0.2) is 6.29 Å². The molecule has 25 heavy (non-hydrogen) atoms. The van der Waals surface area contributed by atoms with Gasteiger partial charge in [-0.15, -0.1) is 0 Å². The lowest BCUT2D eigenvalue weighted by Crippen LogP contribution is -2.64. The summed E-state index contributed by atoms with van der Waals surface area (Å²) in [5, 5.41) is 0. The molecule has 0 spiro atoms. The van der Waals surface area contributed by atoms with Crippen LogP contribution >= 0.6 is 0 Å². The lowest BCUT2D eigenvalue weighted by Gasteiger charge is -2.57. The van der Waals surface area contributed by atoms with Crippen molar-refractivity contribution in [2.75, 3.05) is 13.7 Å². The van der Waals surface area contributed by atoms with Crippen molar-refractivity contribution in [3.8, 4) is 0 Å². The molecule has 2 fully saturated rings. The maximum absolute atomic E-state index is 11.6. The zero-order valence-electron chi connectivity index (χ0n) is 15.7. The highest BCUT2D eigenvalue weighted by Crippen LogP contribution is 2.53. The quantitative estimate of drug-likeness (QED) is 0.783. The van der Waals surface area contributed by atoms with Gasteiger partial charge in [0.05, 0.1) is 12.7 Å². The van der Waals surface area contributed by atoms with Crippen LogP contribution in [0.4, 0.5) is 0 Å². The summed E-state index contributed by atoms with van der Waals surface area (Å²) in [5.41, 5.74) is 0.545. The first-order chi connectivity index (χ1) is 11.8. The van der Waals surface area contributed by atoms with Crippen LogP contribution in [-0.4, -0.2) is 38.0 Å². The molecule has 0 amide bonds. The minimum atomic E-state index is -0.434. The van der Waals surface area contributed by atoms with Gasteiger partial charge in [-0.25, -0.2) is 0 Å². The number of hydrogen-bond acceptors (Lipinski definition) is 5. The standard InChI is InChI=1S/C20H28O5/c1-13(21)24-16-15(22-5)17-20(4,11-19(16,2)3)12-23-18(25-17)14-9-7-6-8-10-14/h6-10,15-18H,11-12H2,1-5H3. The molecule has 3 rings (SSSR count). The lowest BCUT2D eigenvalue weighted by molar-refractivity contribution is -0.326. The minimum Gasteiger partial charge on any atom is -0.459 e. The molecule has 0 aromatic heterocycles. The van der Waals surface area contributed by atoms with E-state index < -0.39 is 6.29 Å². The Hall–Kier alpha value is -1.43. The zero-order valence-corrected chi connectivity index (χ0v) is 15.7. The van der Waals surface area contributed by atoms with E-state index in [-0.39, 0.29) is 35.1 Å². The van der Waals surface area contributed by atoms with E-state index in [4.69, 9.17) is 18.9 Å². The molecule has 1 aliphatic carbocycles. The smallest absolute Gasteiger partial charge is 0.303 e. The van der Waals surface area contributed by atoms with Crippen LogP contribution in [0.3, 0.4) is 0 Å². The number of fused-ring (bicyclic) bond motifs is 1. The average molecular weight is 348 g/mol. The first kappa shape index (κ1) is 18.4. The van der Waals surface area contributed by atoms with Crippen molar-refractivity contribution in [3.63, 3.8) is 0 Å². The fourth-order valence-electron chi connectivity index (χ4n) is 4.49.